The summed E-state index contributed by atoms with van der Waals surface area (Å²) >= 11 is 1.78. The molecule has 0 atom stereocenters. The van der Waals surface area contributed by atoms with Crippen molar-refractivity contribution < 1.29 is 0 Å². The minimum absolute atomic E-state index is 0.0371. The highest BCUT2D eigenvalue weighted by Gasteiger charge is 2.24. The molecule has 0 aliphatic carbocycles. The summed E-state index contributed by atoms with van der Waals surface area (Å²) in [6.45, 7) is 13.6. The molecule has 0 fully saturated rings. The maximum atomic E-state index is 5.74. The van der Waals surface area contributed by atoms with Crippen molar-refractivity contribution in [3.63, 3.8) is 0 Å². The van der Waals surface area contributed by atoms with Crippen molar-refractivity contribution in [2.24, 2.45) is 0 Å². The Morgan fingerprint density at radius 2 is 0.552 bits per heavy atom. The molecule has 4 nitrogen and oxygen atoms in total. The summed E-state index contributed by atoms with van der Waals surface area (Å²) in [4.78, 5) is 18.3. The zero-order chi connectivity index (χ0) is 46.1. The molecule has 0 saturated carbocycles. The van der Waals surface area contributed by atoms with E-state index in [0.29, 0.717) is 0 Å². The fourth-order valence-electron chi connectivity index (χ4n) is 8.73. The smallest absolute Gasteiger partial charge is 0.109 e. The molecule has 2 aromatic heterocycles. The zero-order valence-corrected chi connectivity index (χ0v) is 39.8. The van der Waals surface area contributed by atoms with Crippen LogP contribution < -0.4 is 9.80 Å². The summed E-state index contributed by atoms with van der Waals surface area (Å²) in [5.74, 6) is 0. The summed E-state index contributed by atoms with van der Waals surface area (Å²) in [7, 11) is 0. The largest absolute Gasteiger partial charge is 0.311 e. The Hall–Kier alpha value is -7.60. The Balaban J connectivity index is 1.17. The second kappa shape index (κ2) is 18.0. The standard InChI is InChI=1S/C62H54N4S/c1-61(2,3)47-35-27-45(28-36-47)59-57-58(60(67-59)46-29-37-48(38-30-46)62(4,5)6)64-56(44-33-41-54(42-34-44)66(51-23-15-9-16-24-51)52-25-17-10-18-26-52)55(63-57)43-31-39-53(40-32-43)65(49-19-11-7-12-20-49)50-21-13-8-14-22-50/h7-42H,1-6H3. The van der Waals surface area contributed by atoms with Gasteiger partial charge in [-0.05, 0) is 106 Å². The number of nitrogens with zero attached hydrogens (tertiary/aromatic N) is 4. The first-order chi connectivity index (χ1) is 32.5. The second-order valence-corrected chi connectivity index (χ2v) is 20.2. The van der Waals surface area contributed by atoms with Crippen LogP contribution in [0.5, 0.6) is 0 Å². The van der Waals surface area contributed by atoms with Crippen LogP contribution in [0.4, 0.5) is 34.1 Å². The molecular formula is C62H54N4S. The molecule has 5 heteroatoms. The number of benzene rings is 8. The van der Waals surface area contributed by atoms with Crippen LogP contribution in [-0.2, 0) is 10.8 Å². The number of anilines is 6. The minimum atomic E-state index is 0.0371. The predicted molar refractivity (Wildman–Crippen MR) is 286 cm³/mol. The molecule has 0 spiro atoms. The molecule has 0 saturated heterocycles. The predicted octanol–water partition coefficient (Wildman–Crippen LogP) is 17.9. The van der Waals surface area contributed by atoms with Crippen LogP contribution in [0.1, 0.15) is 52.7 Å². The van der Waals surface area contributed by atoms with Gasteiger partial charge in [-0.25, -0.2) is 9.97 Å². The van der Waals surface area contributed by atoms with E-state index >= 15 is 0 Å². The van der Waals surface area contributed by atoms with E-state index in [9.17, 15) is 0 Å². The van der Waals surface area contributed by atoms with Crippen LogP contribution in [0, 0.1) is 0 Å². The monoisotopic (exact) mass is 886 g/mol. The van der Waals surface area contributed by atoms with Crippen LogP contribution in [0.3, 0.4) is 0 Å². The van der Waals surface area contributed by atoms with Gasteiger partial charge in [0.05, 0.1) is 21.1 Å². The highest BCUT2D eigenvalue weighted by atomic mass is 32.1. The van der Waals surface area contributed by atoms with Crippen molar-refractivity contribution in [1.82, 2.24) is 9.97 Å². The van der Waals surface area contributed by atoms with Gasteiger partial charge in [0.25, 0.3) is 0 Å². The average molecular weight is 887 g/mol. The molecule has 0 unspecified atom stereocenters. The number of hydrogen-bond donors (Lipinski definition) is 0. The SMILES string of the molecule is CC(C)(C)c1ccc(-c2sc(-c3ccc(C(C)(C)C)cc3)c3nc(-c4ccc(N(c5ccccc5)c5ccccc5)cc4)c(-c4ccc(N(c5ccccc5)c5ccccc5)cc4)nc23)cc1. The van der Waals surface area contributed by atoms with Gasteiger partial charge in [0, 0.05) is 45.3 Å². The molecule has 0 radical (unpaired) electrons. The van der Waals surface area contributed by atoms with Gasteiger partial charge >= 0.3 is 0 Å². The van der Waals surface area contributed by atoms with Gasteiger partial charge in [0.15, 0.2) is 0 Å². The first kappa shape index (κ1) is 43.3. The fraction of sp³-hybridized carbons (Fsp3) is 0.129. The fourth-order valence-corrected chi connectivity index (χ4v) is 9.92. The summed E-state index contributed by atoms with van der Waals surface area (Å²) in [6.07, 6.45) is 0. The maximum absolute atomic E-state index is 5.74. The van der Waals surface area contributed by atoms with Crippen LogP contribution in [0.2, 0.25) is 0 Å². The molecular weight excluding hydrogens is 833 g/mol. The van der Waals surface area contributed by atoms with E-state index in [1.807, 2.05) is 0 Å². The van der Waals surface area contributed by atoms with Crippen molar-refractivity contribution in [3.8, 4) is 43.4 Å². The van der Waals surface area contributed by atoms with E-state index in [2.05, 4.69) is 270 Å². The minimum Gasteiger partial charge on any atom is -0.311 e. The average Bonchev–Trinajstić information content (AvgIpc) is 3.74. The molecule has 67 heavy (non-hydrogen) atoms. The third kappa shape index (κ3) is 8.91. The van der Waals surface area contributed by atoms with Crippen molar-refractivity contribution in [2.45, 2.75) is 52.4 Å². The third-order valence-corrected chi connectivity index (χ3v) is 13.7. The first-order valence-corrected chi connectivity index (χ1v) is 23.9. The molecule has 10 rings (SSSR count). The molecule has 8 aromatic carbocycles. The molecule has 10 aromatic rings. The second-order valence-electron chi connectivity index (χ2n) is 19.1. The van der Waals surface area contributed by atoms with Crippen molar-refractivity contribution in [2.75, 3.05) is 9.80 Å². The lowest BCUT2D eigenvalue weighted by Crippen LogP contribution is -2.10. The van der Waals surface area contributed by atoms with E-state index in [4.69, 9.17) is 9.97 Å². The first-order valence-electron chi connectivity index (χ1n) is 23.1. The molecule has 0 N–H and O–H groups in total. The Labute approximate surface area is 399 Å². The van der Waals surface area contributed by atoms with Gasteiger partial charge < -0.3 is 9.80 Å². The van der Waals surface area contributed by atoms with Gasteiger partial charge in [0.1, 0.15) is 11.0 Å². The zero-order valence-electron chi connectivity index (χ0n) is 39.0. The Kier molecular flexibility index (Phi) is 11.6. The van der Waals surface area contributed by atoms with E-state index < -0.39 is 0 Å². The third-order valence-electron chi connectivity index (χ3n) is 12.4. The summed E-state index contributed by atoms with van der Waals surface area (Å²) in [6, 6.07) is 77.8. The molecule has 0 aliphatic rings. The Bertz CT molecular complexity index is 2940. The van der Waals surface area contributed by atoms with Crippen molar-refractivity contribution in [1.29, 1.82) is 0 Å². The summed E-state index contributed by atoms with van der Waals surface area (Å²) in [5, 5.41) is 0. The lowest BCUT2D eigenvalue weighted by atomic mass is 9.86. The number of para-hydroxylation sites is 4. The number of aromatic nitrogens is 2. The molecule has 328 valence electrons. The normalized spacial score (nSPS) is 11.7. The van der Waals surface area contributed by atoms with Crippen molar-refractivity contribution >= 4 is 56.5 Å². The van der Waals surface area contributed by atoms with E-state index in [1.54, 1.807) is 11.3 Å². The van der Waals surface area contributed by atoms with Crippen LogP contribution >= 0.6 is 11.3 Å². The van der Waals surface area contributed by atoms with Crippen LogP contribution in [-0.4, -0.2) is 9.97 Å². The summed E-state index contributed by atoms with van der Waals surface area (Å²) in [5.41, 5.74) is 16.9. The van der Waals surface area contributed by atoms with E-state index in [0.717, 1.165) is 88.6 Å². The van der Waals surface area contributed by atoms with E-state index in [1.165, 1.54) is 11.1 Å². The quantitative estimate of drug-likeness (QED) is 0.137. The van der Waals surface area contributed by atoms with E-state index in [-0.39, 0.29) is 10.8 Å². The van der Waals surface area contributed by atoms with Gasteiger partial charge in [-0.15, -0.1) is 11.3 Å². The van der Waals surface area contributed by atoms with Crippen LogP contribution in [0.25, 0.3) is 54.4 Å². The maximum Gasteiger partial charge on any atom is 0.109 e. The lowest BCUT2D eigenvalue weighted by Gasteiger charge is -2.26. The highest BCUT2D eigenvalue weighted by Crippen LogP contribution is 2.47. The number of fused-ring (bicyclic) bond motifs is 1. The Morgan fingerprint density at radius 3 is 0.821 bits per heavy atom. The summed E-state index contributed by atoms with van der Waals surface area (Å²) < 4.78 is 0. The van der Waals surface area contributed by atoms with Gasteiger partial charge in [-0.3, -0.25) is 0 Å². The molecule has 2 heterocycles. The van der Waals surface area contributed by atoms with Crippen LogP contribution in [0.15, 0.2) is 218 Å². The number of rotatable bonds is 10. The van der Waals surface area contributed by atoms with Gasteiger partial charge in [-0.1, -0.05) is 187 Å². The van der Waals surface area contributed by atoms with Gasteiger partial charge in [-0.2, -0.15) is 0 Å². The lowest BCUT2D eigenvalue weighted by molar-refractivity contribution is 0.590. The Morgan fingerprint density at radius 1 is 0.299 bits per heavy atom. The highest BCUT2D eigenvalue weighted by molar-refractivity contribution is 7.20. The topological polar surface area (TPSA) is 32.3 Å². The number of hydrogen-bond acceptors (Lipinski definition) is 5. The van der Waals surface area contributed by atoms with Gasteiger partial charge in [0.2, 0.25) is 0 Å². The molecule has 0 bridgehead atoms. The van der Waals surface area contributed by atoms with Crippen molar-refractivity contribution in [3.05, 3.63) is 230 Å². The number of thiophene rings is 1. The molecule has 0 amide bonds. The molecule has 0 aliphatic heterocycles.